The van der Waals surface area contributed by atoms with Gasteiger partial charge in [0.1, 0.15) is 29.7 Å². The van der Waals surface area contributed by atoms with Gasteiger partial charge in [-0.25, -0.2) is 4.39 Å². The lowest BCUT2D eigenvalue weighted by molar-refractivity contribution is -0.133. The first-order chi connectivity index (χ1) is 19.5. The molecule has 0 radical (unpaired) electrons. The zero-order chi connectivity index (χ0) is 29.9. The molecule has 0 aliphatic carbocycles. The number of rotatable bonds is 13. The molecule has 3 aromatic rings. The van der Waals surface area contributed by atoms with Crippen molar-refractivity contribution in [1.82, 2.24) is 16.0 Å². The molecule has 4 unspecified atom stereocenters. The van der Waals surface area contributed by atoms with Gasteiger partial charge in [-0.3, -0.25) is 19.2 Å². The molecule has 0 aromatic heterocycles. The minimum absolute atomic E-state index is 0.0181. The van der Waals surface area contributed by atoms with E-state index in [-0.39, 0.29) is 25.0 Å². The fourth-order valence-corrected chi connectivity index (χ4v) is 4.07. The van der Waals surface area contributed by atoms with E-state index in [0.717, 1.165) is 11.1 Å². The SMILES string of the molecule is CC(NC(=O)C(N)Cc1ccc(O)cc1)C(=O)NC(Cc1ccc(F)cc1)C(=O)NC(Cc1ccccc1)C(N)=O. The van der Waals surface area contributed by atoms with Gasteiger partial charge in [-0.15, -0.1) is 0 Å². The van der Waals surface area contributed by atoms with Crippen molar-refractivity contribution in [2.75, 3.05) is 0 Å². The molecular weight excluding hydrogens is 529 g/mol. The van der Waals surface area contributed by atoms with E-state index in [1.807, 2.05) is 6.07 Å². The van der Waals surface area contributed by atoms with E-state index >= 15 is 0 Å². The van der Waals surface area contributed by atoms with Gasteiger partial charge in [0.05, 0.1) is 6.04 Å². The van der Waals surface area contributed by atoms with Crippen LogP contribution in [-0.4, -0.2) is 52.9 Å². The molecule has 216 valence electrons. The van der Waals surface area contributed by atoms with Gasteiger partial charge < -0.3 is 32.5 Å². The normalized spacial score (nSPS) is 13.7. The summed E-state index contributed by atoms with van der Waals surface area (Å²) in [5.74, 6) is -3.07. The number of phenols is 1. The van der Waals surface area contributed by atoms with E-state index < -0.39 is 53.6 Å². The van der Waals surface area contributed by atoms with Crippen LogP contribution in [0, 0.1) is 5.82 Å². The maximum Gasteiger partial charge on any atom is 0.243 e. The summed E-state index contributed by atoms with van der Waals surface area (Å²) in [7, 11) is 0. The fourth-order valence-electron chi connectivity index (χ4n) is 4.07. The number of hydrogen-bond donors (Lipinski definition) is 6. The summed E-state index contributed by atoms with van der Waals surface area (Å²) in [6.07, 6.45) is 0.298. The van der Waals surface area contributed by atoms with Gasteiger partial charge in [-0.05, 0) is 54.3 Å². The number of aromatic hydroxyl groups is 1. The zero-order valence-corrected chi connectivity index (χ0v) is 22.5. The second-order valence-corrected chi connectivity index (χ2v) is 9.75. The molecule has 0 saturated carbocycles. The van der Waals surface area contributed by atoms with Crippen LogP contribution in [0.15, 0.2) is 78.9 Å². The molecule has 0 bridgehead atoms. The van der Waals surface area contributed by atoms with Crippen LogP contribution < -0.4 is 27.4 Å². The van der Waals surface area contributed by atoms with E-state index in [1.54, 1.807) is 36.4 Å². The second-order valence-electron chi connectivity index (χ2n) is 9.75. The molecular formula is C30H34FN5O5. The number of halogens is 1. The van der Waals surface area contributed by atoms with Crippen molar-refractivity contribution in [1.29, 1.82) is 0 Å². The summed E-state index contributed by atoms with van der Waals surface area (Å²) in [4.78, 5) is 51.1. The Morgan fingerprint density at radius 2 is 1.22 bits per heavy atom. The number of carbonyl (C=O) groups is 4. The van der Waals surface area contributed by atoms with Gasteiger partial charge in [0, 0.05) is 12.8 Å². The van der Waals surface area contributed by atoms with Gasteiger partial charge >= 0.3 is 0 Å². The third kappa shape index (κ3) is 9.73. The smallest absolute Gasteiger partial charge is 0.243 e. The predicted molar refractivity (Wildman–Crippen MR) is 151 cm³/mol. The average Bonchev–Trinajstić information content (AvgIpc) is 2.95. The first-order valence-corrected chi connectivity index (χ1v) is 13.0. The van der Waals surface area contributed by atoms with E-state index in [9.17, 15) is 28.7 Å². The quantitative estimate of drug-likeness (QED) is 0.180. The molecule has 0 aliphatic heterocycles. The highest BCUT2D eigenvalue weighted by Crippen LogP contribution is 2.11. The number of nitrogens with one attached hydrogen (secondary N) is 3. The van der Waals surface area contributed by atoms with Crippen LogP contribution in [0.3, 0.4) is 0 Å². The van der Waals surface area contributed by atoms with Crippen LogP contribution >= 0.6 is 0 Å². The molecule has 4 amide bonds. The topological polar surface area (TPSA) is 177 Å². The van der Waals surface area contributed by atoms with Gasteiger partial charge in [0.2, 0.25) is 23.6 Å². The molecule has 10 nitrogen and oxygen atoms in total. The van der Waals surface area contributed by atoms with Crippen LogP contribution in [0.5, 0.6) is 5.75 Å². The van der Waals surface area contributed by atoms with Crippen molar-refractivity contribution in [3.8, 4) is 5.75 Å². The highest BCUT2D eigenvalue weighted by molar-refractivity contribution is 5.94. The van der Waals surface area contributed by atoms with Crippen molar-refractivity contribution in [2.45, 2.75) is 50.4 Å². The fraction of sp³-hybridized carbons (Fsp3) is 0.267. The molecule has 4 atom stereocenters. The van der Waals surface area contributed by atoms with Crippen molar-refractivity contribution >= 4 is 23.6 Å². The molecule has 0 spiro atoms. The number of phenolic OH excluding ortho intramolecular Hbond substituents is 1. The summed E-state index contributed by atoms with van der Waals surface area (Å²) in [5, 5.41) is 17.2. The molecule has 0 saturated heterocycles. The first-order valence-electron chi connectivity index (χ1n) is 13.0. The summed E-state index contributed by atoms with van der Waals surface area (Å²) < 4.78 is 13.4. The largest absolute Gasteiger partial charge is 0.508 e. The minimum Gasteiger partial charge on any atom is -0.508 e. The third-order valence-electron chi connectivity index (χ3n) is 6.41. The Labute approximate surface area is 237 Å². The second kappa shape index (κ2) is 14.6. The molecule has 11 heteroatoms. The summed E-state index contributed by atoms with van der Waals surface area (Å²) in [6, 6.07) is 16.4. The Balaban J connectivity index is 1.68. The number of hydrogen-bond acceptors (Lipinski definition) is 6. The van der Waals surface area contributed by atoms with E-state index in [4.69, 9.17) is 11.5 Å². The number of primary amides is 1. The maximum atomic E-state index is 13.4. The van der Waals surface area contributed by atoms with E-state index in [0.29, 0.717) is 5.56 Å². The zero-order valence-electron chi connectivity index (χ0n) is 22.5. The van der Waals surface area contributed by atoms with Gasteiger partial charge in [0.15, 0.2) is 0 Å². The van der Waals surface area contributed by atoms with Gasteiger partial charge in [0.25, 0.3) is 0 Å². The van der Waals surface area contributed by atoms with Crippen LogP contribution in [0.1, 0.15) is 23.6 Å². The summed E-state index contributed by atoms with van der Waals surface area (Å²) in [6.45, 7) is 1.44. The Morgan fingerprint density at radius 3 is 1.83 bits per heavy atom. The van der Waals surface area contributed by atoms with Gasteiger partial charge in [-0.2, -0.15) is 0 Å². The van der Waals surface area contributed by atoms with Crippen LogP contribution in [-0.2, 0) is 38.4 Å². The first kappa shape index (κ1) is 30.8. The number of nitrogens with two attached hydrogens (primary N) is 2. The molecule has 41 heavy (non-hydrogen) atoms. The average molecular weight is 564 g/mol. The Kier molecular flexibility index (Phi) is 10.9. The van der Waals surface area contributed by atoms with E-state index in [2.05, 4.69) is 16.0 Å². The monoisotopic (exact) mass is 563 g/mol. The third-order valence-corrected chi connectivity index (χ3v) is 6.41. The molecule has 8 N–H and O–H groups in total. The molecule has 0 heterocycles. The number of benzene rings is 3. The number of amides is 4. The molecule has 0 fully saturated rings. The van der Waals surface area contributed by atoms with Gasteiger partial charge in [-0.1, -0.05) is 54.6 Å². The Morgan fingerprint density at radius 1 is 0.707 bits per heavy atom. The maximum absolute atomic E-state index is 13.4. The molecule has 3 rings (SSSR count). The van der Waals surface area contributed by atoms with Crippen LogP contribution in [0.25, 0.3) is 0 Å². The Hall–Kier alpha value is -4.77. The predicted octanol–water partition coefficient (Wildman–Crippen LogP) is 0.846. The highest BCUT2D eigenvalue weighted by atomic mass is 19.1. The Bertz CT molecular complexity index is 1340. The summed E-state index contributed by atoms with van der Waals surface area (Å²) in [5.41, 5.74) is 13.6. The van der Waals surface area contributed by atoms with Crippen molar-refractivity contribution in [2.24, 2.45) is 11.5 Å². The lowest BCUT2D eigenvalue weighted by Crippen LogP contribution is -2.57. The standard InChI is InChI=1S/C30H34FN5O5/c1-18(34-29(40)24(32)15-20-9-13-23(37)14-10-20)28(39)36-26(17-21-7-11-22(31)12-8-21)30(41)35-25(27(33)38)16-19-5-3-2-4-6-19/h2-14,18,24-26,37H,15-17,32H2,1H3,(H2,33,38)(H,34,40)(H,35,41)(H,36,39). The van der Waals surface area contributed by atoms with Crippen molar-refractivity contribution in [3.63, 3.8) is 0 Å². The minimum atomic E-state index is -1.17. The lowest BCUT2D eigenvalue weighted by Gasteiger charge is -2.24. The lowest BCUT2D eigenvalue weighted by atomic mass is 10.0. The molecule has 3 aromatic carbocycles. The van der Waals surface area contributed by atoms with E-state index in [1.165, 1.54) is 43.3 Å². The highest BCUT2D eigenvalue weighted by Gasteiger charge is 2.28. The molecule has 0 aliphatic rings. The van der Waals surface area contributed by atoms with Crippen molar-refractivity contribution < 1.29 is 28.7 Å². The van der Waals surface area contributed by atoms with Crippen molar-refractivity contribution in [3.05, 3.63) is 101 Å². The summed E-state index contributed by atoms with van der Waals surface area (Å²) >= 11 is 0. The number of carbonyl (C=O) groups excluding carboxylic acids is 4. The van der Waals surface area contributed by atoms with Crippen LogP contribution in [0.2, 0.25) is 0 Å². The van der Waals surface area contributed by atoms with Crippen LogP contribution in [0.4, 0.5) is 4.39 Å².